The molecule has 3 rings (SSSR count). The maximum absolute atomic E-state index is 12.4. The SMILES string of the molecule is C[C@H](Nc1ccc(C#N)n(C)c1=O)C1=CC2CC(Cl)CCC2NC1=O. The molecule has 2 N–H and O–H groups in total. The molecular formula is C18H21ClN4O2. The van der Waals surface area contributed by atoms with Crippen molar-refractivity contribution in [2.75, 3.05) is 5.32 Å². The highest BCUT2D eigenvalue weighted by molar-refractivity contribution is 6.20. The van der Waals surface area contributed by atoms with E-state index in [0.29, 0.717) is 11.3 Å². The molecule has 1 fully saturated rings. The molecule has 0 saturated heterocycles. The van der Waals surface area contributed by atoms with Crippen LogP contribution >= 0.6 is 11.6 Å². The van der Waals surface area contributed by atoms with Crippen LogP contribution in [0.15, 0.2) is 28.6 Å². The van der Waals surface area contributed by atoms with Gasteiger partial charge in [0.25, 0.3) is 5.56 Å². The molecule has 2 heterocycles. The van der Waals surface area contributed by atoms with E-state index in [1.807, 2.05) is 19.1 Å². The van der Waals surface area contributed by atoms with E-state index in [1.165, 1.54) is 4.57 Å². The summed E-state index contributed by atoms with van der Waals surface area (Å²) in [5, 5.41) is 15.3. The Kier molecular flexibility index (Phi) is 4.87. The Morgan fingerprint density at radius 3 is 2.88 bits per heavy atom. The number of carbonyl (C=O) groups excluding carboxylic acids is 1. The van der Waals surface area contributed by atoms with Crippen LogP contribution in [-0.4, -0.2) is 27.9 Å². The second-order valence-corrected chi connectivity index (χ2v) is 7.37. The molecule has 1 amide bonds. The maximum Gasteiger partial charge on any atom is 0.274 e. The molecule has 3 unspecified atom stereocenters. The van der Waals surface area contributed by atoms with Gasteiger partial charge in [-0.25, -0.2) is 0 Å². The van der Waals surface area contributed by atoms with Gasteiger partial charge in [0.1, 0.15) is 17.5 Å². The highest BCUT2D eigenvalue weighted by Crippen LogP contribution is 2.33. The summed E-state index contributed by atoms with van der Waals surface area (Å²) in [5.41, 5.74) is 0.984. The molecule has 0 radical (unpaired) electrons. The number of anilines is 1. The van der Waals surface area contributed by atoms with Crippen LogP contribution in [-0.2, 0) is 11.8 Å². The van der Waals surface area contributed by atoms with Crippen molar-refractivity contribution in [2.24, 2.45) is 13.0 Å². The van der Waals surface area contributed by atoms with Crippen molar-refractivity contribution in [1.29, 1.82) is 5.26 Å². The Bertz CT molecular complexity index is 823. The molecule has 0 aromatic carbocycles. The molecule has 2 aliphatic rings. The normalized spacial score (nSPS) is 26.7. The van der Waals surface area contributed by atoms with Crippen molar-refractivity contribution in [3.8, 4) is 6.07 Å². The summed E-state index contributed by atoms with van der Waals surface area (Å²) in [6, 6.07) is 4.97. The van der Waals surface area contributed by atoms with Crippen molar-refractivity contribution in [3.63, 3.8) is 0 Å². The number of nitriles is 1. The number of aromatic nitrogens is 1. The number of rotatable bonds is 3. The Morgan fingerprint density at radius 1 is 1.40 bits per heavy atom. The molecule has 1 saturated carbocycles. The van der Waals surface area contributed by atoms with E-state index in [0.717, 1.165) is 19.3 Å². The number of alkyl halides is 1. The average molecular weight is 361 g/mol. The standard InChI is InChI=1S/C18H21ClN4O2/c1-10(21-16-6-4-13(9-20)23(2)18(16)25)14-8-11-7-12(19)3-5-15(11)22-17(14)24/h4,6,8,10-12,15,21H,3,5,7H2,1-2H3,(H,22,24)/t10-,11?,12?,15?/m0/s1. The lowest BCUT2D eigenvalue weighted by molar-refractivity contribution is -0.119. The van der Waals surface area contributed by atoms with Gasteiger partial charge in [0.05, 0.1) is 6.04 Å². The molecular weight excluding hydrogens is 340 g/mol. The monoisotopic (exact) mass is 360 g/mol. The van der Waals surface area contributed by atoms with E-state index in [2.05, 4.69) is 10.6 Å². The van der Waals surface area contributed by atoms with Gasteiger partial charge < -0.3 is 15.2 Å². The molecule has 1 aliphatic heterocycles. The number of carbonyl (C=O) groups is 1. The molecule has 1 aliphatic carbocycles. The number of pyridine rings is 1. The summed E-state index contributed by atoms with van der Waals surface area (Å²) in [6.07, 6.45) is 4.67. The third-order valence-corrected chi connectivity index (χ3v) is 5.46. The first-order valence-electron chi connectivity index (χ1n) is 8.44. The minimum absolute atomic E-state index is 0.0975. The van der Waals surface area contributed by atoms with Gasteiger partial charge in [-0.15, -0.1) is 11.6 Å². The van der Waals surface area contributed by atoms with Crippen LogP contribution in [0.2, 0.25) is 0 Å². The fourth-order valence-electron chi connectivity index (χ4n) is 3.58. The zero-order valence-corrected chi connectivity index (χ0v) is 15.0. The first-order chi connectivity index (χ1) is 11.9. The smallest absolute Gasteiger partial charge is 0.274 e. The van der Waals surface area contributed by atoms with Crippen LogP contribution in [0.4, 0.5) is 5.69 Å². The summed E-state index contributed by atoms with van der Waals surface area (Å²) < 4.78 is 1.29. The molecule has 1 aromatic rings. The first-order valence-corrected chi connectivity index (χ1v) is 8.87. The Morgan fingerprint density at radius 2 is 2.16 bits per heavy atom. The van der Waals surface area contributed by atoms with Crippen LogP contribution in [0.1, 0.15) is 31.9 Å². The molecule has 7 heteroatoms. The molecule has 132 valence electrons. The number of nitrogens with zero attached hydrogens (tertiary/aromatic N) is 2. The van der Waals surface area contributed by atoms with Crippen molar-refractivity contribution in [1.82, 2.24) is 9.88 Å². The number of amides is 1. The van der Waals surface area contributed by atoms with Gasteiger partial charge in [-0.3, -0.25) is 9.59 Å². The van der Waals surface area contributed by atoms with Gasteiger partial charge in [-0.2, -0.15) is 5.26 Å². The van der Waals surface area contributed by atoms with Gasteiger partial charge in [-0.1, -0.05) is 6.08 Å². The number of hydrogen-bond donors (Lipinski definition) is 2. The number of nitrogens with one attached hydrogen (secondary N) is 2. The van der Waals surface area contributed by atoms with Crippen LogP contribution in [0.3, 0.4) is 0 Å². The van der Waals surface area contributed by atoms with E-state index >= 15 is 0 Å². The highest BCUT2D eigenvalue weighted by atomic mass is 35.5. The van der Waals surface area contributed by atoms with Crippen molar-refractivity contribution < 1.29 is 4.79 Å². The third-order valence-electron chi connectivity index (χ3n) is 5.07. The van der Waals surface area contributed by atoms with Gasteiger partial charge in [0, 0.05) is 24.0 Å². The predicted octanol–water partition coefficient (Wildman–Crippen LogP) is 1.89. The predicted molar refractivity (Wildman–Crippen MR) is 96.5 cm³/mol. The number of hydrogen-bond acceptors (Lipinski definition) is 4. The van der Waals surface area contributed by atoms with Gasteiger partial charge >= 0.3 is 0 Å². The lowest BCUT2D eigenvalue weighted by Crippen LogP contribution is -2.49. The molecule has 1 aromatic heterocycles. The van der Waals surface area contributed by atoms with Crippen molar-refractivity contribution >= 4 is 23.2 Å². The van der Waals surface area contributed by atoms with E-state index in [1.54, 1.807) is 19.2 Å². The van der Waals surface area contributed by atoms with Gasteiger partial charge in [0.2, 0.25) is 5.91 Å². The largest absolute Gasteiger partial charge is 0.374 e. The maximum atomic E-state index is 12.4. The zero-order chi connectivity index (χ0) is 18.1. The fraction of sp³-hybridized carbons (Fsp3) is 0.500. The van der Waals surface area contributed by atoms with Gasteiger partial charge in [-0.05, 0) is 44.2 Å². The van der Waals surface area contributed by atoms with Crippen LogP contribution in [0.25, 0.3) is 0 Å². The first kappa shape index (κ1) is 17.6. The number of fused-ring (bicyclic) bond motifs is 1. The summed E-state index contributed by atoms with van der Waals surface area (Å²) >= 11 is 6.27. The van der Waals surface area contributed by atoms with Crippen LogP contribution < -0.4 is 16.2 Å². The van der Waals surface area contributed by atoms with Crippen molar-refractivity contribution in [3.05, 3.63) is 39.8 Å². The second kappa shape index (κ2) is 6.93. The molecule has 4 atom stereocenters. The lowest BCUT2D eigenvalue weighted by atomic mass is 9.80. The van der Waals surface area contributed by atoms with E-state index < -0.39 is 0 Å². The van der Waals surface area contributed by atoms with Gasteiger partial charge in [0.15, 0.2) is 0 Å². The van der Waals surface area contributed by atoms with E-state index in [4.69, 9.17) is 16.9 Å². The minimum Gasteiger partial charge on any atom is -0.374 e. The minimum atomic E-state index is -0.322. The summed E-state index contributed by atoms with van der Waals surface area (Å²) in [5.74, 6) is 0.136. The number of halogens is 1. The quantitative estimate of drug-likeness (QED) is 0.806. The zero-order valence-electron chi connectivity index (χ0n) is 14.3. The Labute approximate surface area is 151 Å². The molecule has 25 heavy (non-hydrogen) atoms. The molecule has 6 nitrogen and oxygen atoms in total. The summed E-state index contributed by atoms with van der Waals surface area (Å²) in [4.78, 5) is 24.8. The van der Waals surface area contributed by atoms with Crippen LogP contribution in [0, 0.1) is 17.2 Å². The Hall–Kier alpha value is -2.26. The fourth-order valence-corrected chi connectivity index (χ4v) is 3.91. The molecule has 0 bridgehead atoms. The third kappa shape index (κ3) is 3.42. The summed E-state index contributed by atoms with van der Waals surface area (Å²) in [7, 11) is 1.55. The van der Waals surface area contributed by atoms with E-state index in [-0.39, 0.29) is 40.5 Å². The Balaban J connectivity index is 1.82. The topological polar surface area (TPSA) is 86.9 Å². The average Bonchev–Trinajstić information content (AvgIpc) is 2.59. The second-order valence-electron chi connectivity index (χ2n) is 6.75. The van der Waals surface area contributed by atoms with E-state index in [9.17, 15) is 9.59 Å². The van der Waals surface area contributed by atoms with Crippen LogP contribution in [0.5, 0.6) is 0 Å². The van der Waals surface area contributed by atoms with Crippen molar-refractivity contribution in [2.45, 2.75) is 43.6 Å². The molecule has 0 spiro atoms. The highest BCUT2D eigenvalue weighted by Gasteiger charge is 2.35. The lowest BCUT2D eigenvalue weighted by Gasteiger charge is -2.37. The summed E-state index contributed by atoms with van der Waals surface area (Å²) in [6.45, 7) is 1.85.